The van der Waals surface area contributed by atoms with Crippen molar-refractivity contribution in [2.24, 2.45) is 5.41 Å². The van der Waals surface area contributed by atoms with Gasteiger partial charge in [0.05, 0.1) is 12.2 Å². The maximum atomic E-state index is 12.3. The lowest BCUT2D eigenvalue weighted by Crippen LogP contribution is -2.62. The van der Waals surface area contributed by atoms with Crippen molar-refractivity contribution in [3.63, 3.8) is 0 Å². The lowest BCUT2D eigenvalue weighted by atomic mass is 9.58. The van der Waals surface area contributed by atoms with E-state index in [1.807, 2.05) is 23.1 Å². The number of aliphatic hydroxyl groups is 1. The number of methoxy groups -OCH3 is 1. The second-order valence-corrected chi connectivity index (χ2v) is 6.41. The highest BCUT2D eigenvalue weighted by atomic mass is 16.5. The molecule has 0 unspecified atom stereocenters. The number of hydrogen-bond donors (Lipinski definition) is 1. The Balaban J connectivity index is 1.50. The van der Waals surface area contributed by atoms with Gasteiger partial charge in [0.2, 0.25) is 5.91 Å². The molecule has 1 saturated heterocycles. The monoisotopic (exact) mass is 304 g/mol. The van der Waals surface area contributed by atoms with Gasteiger partial charge in [0.15, 0.2) is 0 Å². The third-order valence-corrected chi connectivity index (χ3v) is 5.39. The molecule has 120 valence electrons. The van der Waals surface area contributed by atoms with E-state index in [-0.39, 0.29) is 23.5 Å². The van der Waals surface area contributed by atoms with Crippen LogP contribution in [0.25, 0.3) is 0 Å². The molecule has 5 heteroatoms. The van der Waals surface area contributed by atoms with Gasteiger partial charge in [-0.2, -0.15) is 0 Å². The summed E-state index contributed by atoms with van der Waals surface area (Å²) >= 11 is 0. The van der Waals surface area contributed by atoms with Crippen LogP contribution in [0.1, 0.15) is 31.4 Å². The van der Waals surface area contributed by atoms with Gasteiger partial charge in [-0.3, -0.25) is 9.78 Å². The summed E-state index contributed by atoms with van der Waals surface area (Å²) in [6.45, 7) is 1.44. The van der Waals surface area contributed by atoms with Crippen LogP contribution in [0.2, 0.25) is 0 Å². The molecule has 1 spiro atoms. The Morgan fingerprint density at radius 2 is 2.23 bits per heavy atom. The average molecular weight is 304 g/mol. The number of aromatic nitrogens is 1. The number of rotatable bonds is 4. The summed E-state index contributed by atoms with van der Waals surface area (Å²) in [6.07, 6.45) is 5.21. The summed E-state index contributed by atoms with van der Waals surface area (Å²) in [7, 11) is 1.71. The molecule has 0 radical (unpaired) electrons. The number of likely N-dealkylation sites (tertiary alicyclic amines) is 1. The van der Waals surface area contributed by atoms with Crippen LogP contribution in [0.4, 0.5) is 0 Å². The number of piperidine rings is 1. The molecule has 0 bridgehead atoms. The van der Waals surface area contributed by atoms with E-state index < -0.39 is 0 Å². The van der Waals surface area contributed by atoms with Gasteiger partial charge < -0.3 is 14.7 Å². The highest BCUT2D eigenvalue weighted by Crippen LogP contribution is 2.50. The minimum Gasteiger partial charge on any atom is -0.392 e. The zero-order valence-corrected chi connectivity index (χ0v) is 13.1. The number of amides is 1. The molecule has 22 heavy (non-hydrogen) atoms. The maximum Gasteiger partial charge on any atom is 0.222 e. The molecule has 0 aromatic carbocycles. The Morgan fingerprint density at radius 3 is 2.82 bits per heavy atom. The second-order valence-electron chi connectivity index (χ2n) is 6.41. The van der Waals surface area contributed by atoms with Gasteiger partial charge in [0.1, 0.15) is 0 Å². The number of carbonyl (C=O) groups excluding carboxylic acids is 1. The van der Waals surface area contributed by atoms with Crippen molar-refractivity contribution in [2.75, 3.05) is 20.2 Å². The largest absolute Gasteiger partial charge is 0.392 e. The van der Waals surface area contributed by atoms with Crippen molar-refractivity contribution in [3.05, 3.63) is 30.1 Å². The molecule has 5 nitrogen and oxygen atoms in total. The van der Waals surface area contributed by atoms with Gasteiger partial charge in [-0.1, -0.05) is 6.07 Å². The van der Waals surface area contributed by atoms with Gasteiger partial charge in [-0.25, -0.2) is 0 Å². The number of aryl methyl sites for hydroxylation is 1. The number of nitrogens with zero attached hydrogens (tertiary/aromatic N) is 2. The first-order valence-electron chi connectivity index (χ1n) is 8.04. The van der Waals surface area contributed by atoms with Gasteiger partial charge in [-0.15, -0.1) is 0 Å². The number of carbonyl (C=O) groups is 1. The van der Waals surface area contributed by atoms with Gasteiger partial charge >= 0.3 is 0 Å². The van der Waals surface area contributed by atoms with Crippen LogP contribution in [0, 0.1) is 5.41 Å². The Hall–Kier alpha value is -1.46. The lowest BCUT2D eigenvalue weighted by Gasteiger charge is -2.56. The van der Waals surface area contributed by atoms with Crippen molar-refractivity contribution in [2.45, 2.75) is 44.3 Å². The fraction of sp³-hybridized carbons (Fsp3) is 0.647. The molecule has 2 fully saturated rings. The van der Waals surface area contributed by atoms with Crippen molar-refractivity contribution in [1.82, 2.24) is 9.88 Å². The first-order chi connectivity index (χ1) is 10.7. The molecule has 1 aromatic heterocycles. The molecule has 3 rings (SSSR count). The minimum absolute atomic E-state index is 0.119. The maximum absolute atomic E-state index is 12.3. The lowest BCUT2D eigenvalue weighted by molar-refractivity contribution is -0.202. The normalized spacial score (nSPS) is 26.7. The van der Waals surface area contributed by atoms with E-state index >= 15 is 0 Å². The van der Waals surface area contributed by atoms with Crippen LogP contribution in [0.5, 0.6) is 0 Å². The predicted octanol–water partition coefficient (Wildman–Crippen LogP) is 1.40. The van der Waals surface area contributed by atoms with Gasteiger partial charge in [0, 0.05) is 50.3 Å². The molecule has 1 aromatic rings. The number of pyridine rings is 1. The smallest absolute Gasteiger partial charge is 0.222 e. The third-order valence-electron chi connectivity index (χ3n) is 5.39. The Labute approximate surface area is 131 Å². The fourth-order valence-corrected chi connectivity index (χ4v) is 3.82. The van der Waals surface area contributed by atoms with Crippen molar-refractivity contribution in [3.8, 4) is 0 Å². The van der Waals surface area contributed by atoms with E-state index in [4.69, 9.17) is 4.74 Å². The van der Waals surface area contributed by atoms with Crippen LogP contribution in [-0.4, -0.2) is 53.3 Å². The molecule has 2 atom stereocenters. The van der Waals surface area contributed by atoms with Crippen molar-refractivity contribution >= 4 is 5.91 Å². The third kappa shape index (κ3) is 2.75. The number of hydrogen-bond acceptors (Lipinski definition) is 4. The molecule has 1 amide bonds. The summed E-state index contributed by atoms with van der Waals surface area (Å²) < 4.78 is 5.48. The van der Waals surface area contributed by atoms with E-state index in [0.29, 0.717) is 12.8 Å². The molecular weight excluding hydrogens is 280 g/mol. The van der Waals surface area contributed by atoms with E-state index in [0.717, 1.165) is 38.0 Å². The molecular formula is C17H24N2O3. The van der Waals surface area contributed by atoms with Crippen LogP contribution in [-0.2, 0) is 16.0 Å². The zero-order valence-electron chi connectivity index (χ0n) is 13.1. The van der Waals surface area contributed by atoms with Gasteiger partial charge in [0.25, 0.3) is 0 Å². The molecule has 1 aliphatic carbocycles. The second kappa shape index (κ2) is 6.34. The summed E-state index contributed by atoms with van der Waals surface area (Å²) in [5, 5.41) is 10.1. The van der Waals surface area contributed by atoms with Gasteiger partial charge in [-0.05, 0) is 31.4 Å². The van der Waals surface area contributed by atoms with Crippen molar-refractivity contribution < 1.29 is 14.6 Å². The summed E-state index contributed by atoms with van der Waals surface area (Å²) in [4.78, 5) is 18.5. The highest BCUT2D eigenvalue weighted by molar-refractivity contribution is 5.76. The van der Waals surface area contributed by atoms with E-state index in [1.54, 1.807) is 13.3 Å². The summed E-state index contributed by atoms with van der Waals surface area (Å²) in [5.74, 6) is 0.184. The topological polar surface area (TPSA) is 62.7 Å². The van der Waals surface area contributed by atoms with Crippen LogP contribution >= 0.6 is 0 Å². The van der Waals surface area contributed by atoms with Crippen LogP contribution < -0.4 is 0 Å². The molecule has 1 aliphatic heterocycles. The summed E-state index contributed by atoms with van der Waals surface area (Å²) in [5.41, 5.74) is 0.838. The van der Waals surface area contributed by atoms with Crippen LogP contribution in [0.15, 0.2) is 24.4 Å². The fourth-order valence-electron chi connectivity index (χ4n) is 3.82. The van der Waals surface area contributed by atoms with E-state index in [1.165, 1.54) is 0 Å². The predicted molar refractivity (Wildman–Crippen MR) is 82.2 cm³/mol. The first-order valence-corrected chi connectivity index (χ1v) is 8.04. The Kier molecular flexibility index (Phi) is 4.45. The number of aliphatic hydroxyl groups excluding tert-OH is 1. The quantitative estimate of drug-likeness (QED) is 0.913. The molecule has 1 saturated carbocycles. The minimum atomic E-state index is -0.275. The zero-order chi connectivity index (χ0) is 15.6. The van der Waals surface area contributed by atoms with Crippen molar-refractivity contribution in [1.29, 1.82) is 0 Å². The molecule has 1 N–H and O–H groups in total. The molecule has 2 aliphatic rings. The standard InChI is InChI=1S/C17H24N2O3/c1-22-15-12-14(20)17(15)7-10-19(11-8-17)16(21)6-5-13-4-2-3-9-18-13/h2-4,9,14-15,20H,5-8,10-12H2,1H3/t14-,15+/m1/s1. The highest BCUT2D eigenvalue weighted by Gasteiger charge is 2.56. The first kappa shape index (κ1) is 15.4. The number of ether oxygens (including phenoxy) is 1. The van der Waals surface area contributed by atoms with E-state index in [2.05, 4.69) is 4.98 Å². The summed E-state index contributed by atoms with van der Waals surface area (Å²) in [6, 6.07) is 5.78. The molecule has 2 heterocycles. The Bertz CT molecular complexity index is 512. The SMILES string of the molecule is CO[C@H]1C[C@@H](O)C12CCN(C(=O)CCc1ccccn1)CC2. The Morgan fingerprint density at radius 1 is 1.45 bits per heavy atom. The van der Waals surface area contributed by atoms with E-state index in [9.17, 15) is 9.90 Å². The average Bonchev–Trinajstić information content (AvgIpc) is 2.58. The van der Waals surface area contributed by atoms with Crippen LogP contribution in [0.3, 0.4) is 0 Å².